The second-order valence-corrected chi connectivity index (χ2v) is 8.82. The number of nitro benzene ring substituents is 1. The molecule has 0 aliphatic heterocycles. The monoisotopic (exact) mass is 494 g/mol. The lowest BCUT2D eigenvalue weighted by atomic mass is 10.2. The highest BCUT2D eigenvalue weighted by Crippen LogP contribution is 2.33. The van der Waals surface area contributed by atoms with E-state index in [2.05, 4.69) is 10.4 Å². The Morgan fingerprint density at radius 3 is 2.62 bits per heavy atom. The zero-order valence-electron chi connectivity index (χ0n) is 18.0. The number of benzene rings is 3. The summed E-state index contributed by atoms with van der Waals surface area (Å²) in [5, 5.41) is 18.8. The van der Waals surface area contributed by atoms with Crippen molar-refractivity contribution >= 4 is 40.6 Å². The van der Waals surface area contributed by atoms with Gasteiger partial charge in [0.2, 0.25) is 0 Å². The van der Waals surface area contributed by atoms with Gasteiger partial charge < -0.3 is 10.1 Å². The fourth-order valence-corrected chi connectivity index (χ4v) is 4.18. The maximum Gasteiger partial charge on any atom is 0.274 e. The van der Waals surface area contributed by atoms with Gasteiger partial charge in [-0.2, -0.15) is 5.10 Å². The zero-order chi connectivity index (χ0) is 24.1. The maximum absolute atomic E-state index is 12.9. The molecule has 0 fully saturated rings. The molecular weight excluding hydrogens is 476 g/mol. The summed E-state index contributed by atoms with van der Waals surface area (Å²) in [6, 6.07) is 20.8. The Hall–Kier alpha value is -3.82. The van der Waals surface area contributed by atoms with Gasteiger partial charge >= 0.3 is 0 Å². The summed E-state index contributed by atoms with van der Waals surface area (Å²) in [6.45, 7) is 1.95. The molecule has 34 heavy (non-hydrogen) atoms. The SMILES string of the molecule is Cc1ccc(Sc2cc(NC(=O)c3ccnn3COc3ccccc3Cl)cc([N+](=O)[O-])c2)cc1. The second-order valence-electron chi connectivity index (χ2n) is 7.26. The standard InChI is InChI=1S/C24H19ClN4O4S/c1-16-6-8-19(9-7-16)34-20-13-17(12-18(14-20)29(31)32)27-24(30)22-10-11-26-28(22)15-33-23-5-3-2-4-21(23)25/h2-14H,15H2,1H3,(H,27,30). The summed E-state index contributed by atoms with van der Waals surface area (Å²) in [4.78, 5) is 25.5. The van der Waals surface area contributed by atoms with E-state index in [0.717, 1.165) is 10.5 Å². The van der Waals surface area contributed by atoms with Crippen molar-refractivity contribution in [2.45, 2.75) is 23.4 Å². The van der Waals surface area contributed by atoms with Gasteiger partial charge in [-0.15, -0.1) is 0 Å². The summed E-state index contributed by atoms with van der Waals surface area (Å²) >= 11 is 7.47. The number of nitrogens with zero attached hydrogens (tertiary/aromatic N) is 3. The van der Waals surface area contributed by atoms with Crippen LogP contribution in [-0.2, 0) is 6.73 Å². The summed E-state index contributed by atoms with van der Waals surface area (Å²) in [5.74, 6) is -0.0190. The van der Waals surface area contributed by atoms with Crippen molar-refractivity contribution in [2.24, 2.45) is 0 Å². The van der Waals surface area contributed by atoms with Crippen molar-refractivity contribution in [1.29, 1.82) is 0 Å². The van der Waals surface area contributed by atoms with E-state index in [1.807, 2.05) is 31.2 Å². The lowest BCUT2D eigenvalue weighted by molar-refractivity contribution is -0.385. The number of aryl methyl sites for hydroxylation is 1. The average Bonchev–Trinajstić information content (AvgIpc) is 3.29. The lowest BCUT2D eigenvalue weighted by Crippen LogP contribution is -2.19. The molecule has 1 heterocycles. The molecule has 0 saturated carbocycles. The van der Waals surface area contributed by atoms with Crippen LogP contribution in [0.3, 0.4) is 0 Å². The van der Waals surface area contributed by atoms with E-state index in [0.29, 0.717) is 21.4 Å². The molecule has 0 aliphatic carbocycles. The number of rotatable bonds is 8. The Kier molecular flexibility index (Phi) is 7.15. The number of amides is 1. The molecule has 3 aromatic carbocycles. The van der Waals surface area contributed by atoms with Crippen LogP contribution in [-0.4, -0.2) is 20.6 Å². The van der Waals surface area contributed by atoms with Crippen LogP contribution in [0, 0.1) is 17.0 Å². The predicted octanol–water partition coefficient (Wildman–Crippen LogP) is 6.19. The van der Waals surface area contributed by atoms with Gasteiger partial charge in [0.25, 0.3) is 11.6 Å². The Labute approximate surface area is 204 Å². The molecule has 1 aromatic heterocycles. The number of hydrogen-bond acceptors (Lipinski definition) is 6. The third-order valence-electron chi connectivity index (χ3n) is 4.74. The zero-order valence-corrected chi connectivity index (χ0v) is 19.5. The molecule has 0 radical (unpaired) electrons. The molecule has 0 saturated heterocycles. The Morgan fingerprint density at radius 2 is 1.88 bits per heavy atom. The van der Waals surface area contributed by atoms with E-state index >= 15 is 0 Å². The van der Waals surface area contributed by atoms with Crippen LogP contribution < -0.4 is 10.1 Å². The Balaban J connectivity index is 1.52. The summed E-state index contributed by atoms with van der Waals surface area (Å²) < 4.78 is 7.04. The molecule has 4 rings (SSSR count). The third-order valence-corrected chi connectivity index (χ3v) is 6.04. The number of non-ortho nitro benzene ring substituents is 1. The van der Waals surface area contributed by atoms with Crippen LogP contribution in [0.25, 0.3) is 0 Å². The van der Waals surface area contributed by atoms with Crippen LogP contribution in [0.2, 0.25) is 5.02 Å². The van der Waals surface area contributed by atoms with E-state index in [1.165, 1.54) is 40.8 Å². The molecule has 4 aromatic rings. The van der Waals surface area contributed by atoms with Crippen molar-refractivity contribution in [2.75, 3.05) is 5.32 Å². The van der Waals surface area contributed by atoms with Crippen LogP contribution in [0.5, 0.6) is 5.75 Å². The number of hydrogen-bond donors (Lipinski definition) is 1. The highest BCUT2D eigenvalue weighted by atomic mass is 35.5. The number of carbonyl (C=O) groups excluding carboxylic acids is 1. The molecular formula is C24H19ClN4O4S. The van der Waals surface area contributed by atoms with Crippen LogP contribution >= 0.6 is 23.4 Å². The number of anilines is 1. The van der Waals surface area contributed by atoms with Crippen LogP contribution in [0.4, 0.5) is 11.4 Å². The first kappa shape index (κ1) is 23.3. The molecule has 1 amide bonds. The number of nitro groups is 1. The van der Waals surface area contributed by atoms with Crippen molar-refractivity contribution in [3.8, 4) is 5.75 Å². The first-order chi connectivity index (χ1) is 16.4. The highest BCUT2D eigenvalue weighted by Gasteiger charge is 2.17. The molecule has 0 bridgehead atoms. The van der Waals surface area contributed by atoms with Crippen molar-refractivity contribution in [3.63, 3.8) is 0 Å². The first-order valence-electron chi connectivity index (χ1n) is 10.1. The largest absolute Gasteiger partial charge is 0.470 e. The van der Waals surface area contributed by atoms with Crippen molar-refractivity contribution in [3.05, 3.63) is 105 Å². The minimum absolute atomic E-state index is 0.0387. The molecule has 0 aliphatic rings. The predicted molar refractivity (Wildman–Crippen MR) is 131 cm³/mol. The molecule has 0 unspecified atom stereocenters. The topological polar surface area (TPSA) is 99.3 Å². The summed E-state index contributed by atoms with van der Waals surface area (Å²) in [5.41, 5.74) is 1.52. The van der Waals surface area contributed by atoms with E-state index in [-0.39, 0.29) is 18.1 Å². The maximum atomic E-state index is 12.9. The minimum atomic E-state index is -0.490. The molecule has 8 nitrogen and oxygen atoms in total. The quantitative estimate of drug-likeness (QED) is 0.231. The summed E-state index contributed by atoms with van der Waals surface area (Å²) in [7, 11) is 0. The molecule has 0 atom stereocenters. The molecule has 1 N–H and O–H groups in total. The van der Waals surface area contributed by atoms with Gasteiger partial charge in [0.05, 0.1) is 9.95 Å². The van der Waals surface area contributed by atoms with Gasteiger partial charge in [-0.3, -0.25) is 14.9 Å². The van der Waals surface area contributed by atoms with Gasteiger partial charge in [0, 0.05) is 33.8 Å². The van der Waals surface area contributed by atoms with E-state index in [9.17, 15) is 14.9 Å². The number of aromatic nitrogens is 2. The normalized spacial score (nSPS) is 10.6. The minimum Gasteiger partial charge on any atom is -0.470 e. The fraction of sp³-hybridized carbons (Fsp3) is 0.0833. The Morgan fingerprint density at radius 1 is 1.12 bits per heavy atom. The van der Waals surface area contributed by atoms with Gasteiger partial charge in [-0.05, 0) is 43.3 Å². The lowest BCUT2D eigenvalue weighted by Gasteiger charge is -2.11. The first-order valence-corrected chi connectivity index (χ1v) is 11.3. The number of carbonyl (C=O) groups is 1. The smallest absolute Gasteiger partial charge is 0.274 e. The van der Waals surface area contributed by atoms with E-state index in [4.69, 9.17) is 16.3 Å². The molecule has 172 valence electrons. The van der Waals surface area contributed by atoms with Crippen molar-refractivity contribution in [1.82, 2.24) is 9.78 Å². The average molecular weight is 495 g/mol. The van der Waals surface area contributed by atoms with Gasteiger partial charge in [-0.25, -0.2) is 4.68 Å². The third kappa shape index (κ3) is 5.75. The number of nitrogens with one attached hydrogen (secondary N) is 1. The number of ether oxygens (including phenoxy) is 1. The van der Waals surface area contributed by atoms with E-state index < -0.39 is 10.8 Å². The summed E-state index contributed by atoms with van der Waals surface area (Å²) in [6.07, 6.45) is 1.47. The number of para-hydroxylation sites is 1. The molecule has 0 spiro atoms. The Bertz CT molecular complexity index is 1340. The highest BCUT2D eigenvalue weighted by molar-refractivity contribution is 7.99. The van der Waals surface area contributed by atoms with Gasteiger partial charge in [-0.1, -0.05) is 53.2 Å². The van der Waals surface area contributed by atoms with Crippen LogP contribution in [0.15, 0.2) is 88.8 Å². The van der Waals surface area contributed by atoms with E-state index in [1.54, 1.807) is 30.3 Å². The van der Waals surface area contributed by atoms with Crippen LogP contribution in [0.1, 0.15) is 16.1 Å². The van der Waals surface area contributed by atoms with Gasteiger partial charge in [0.15, 0.2) is 6.73 Å². The fourth-order valence-electron chi connectivity index (χ4n) is 3.08. The van der Waals surface area contributed by atoms with Gasteiger partial charge in [0.1, 0.15) is 11.4 Å². The van der Waals surface area contributed by atoms with Crippen molar-refractivity contribution < 1.29 is 14.5 Å². The second kappa shape index (κ2) is 10.4. The number of halogens is 1. The molecule has 10 heteroatoms.